The van der Waals surface area contributed by atoms with Gasteiger partial charge in [0.2, 0.25) is 0 Å². The lowest BCUT2D eigenvalue weighted by Crippen LogP contribution is -1.84. The van der Waals surface area contributed by atoms with E-state index in [0.29, 0.717) is 16.2 Å². The quantitative estimate of drug-likeness (QED) is 0.860. The van der Waals surface area contributed by atoms with Crippen molar-refractivity contribution in [2.75, 3.05) is 7.11 Å². The van der Waals surface area contributed by atoms with Crippen molar-refractivity contribution in [1.82, 2.24) is 0 Å². The van der Waals surface area contributed by atoms with Gasteiger partial charge in [0.25, 0.3) is 0 Å². The van der Waals surface area contributed by atoms with Crippen LogP contribution in [-0.2, 0) is 0 Å². The Kier molecular flexibility index (Phi) is 2.60. The highest BCUT2D eigenvalue weighted by molar-refractivity contribution is 9.10. The van der Waals surface area contributed by atoms with Gasteiger partial charge in [0.05, 0.1) is 22.2 Å². The Labute approximate surface area is 98.2 Å². The number of phenolic OH excluding ortho intramolecular Hbond substituents is 1. The zero-order valence-electron chi connectivity index (χ0n) is 7.17. The van der Waals surface area contributed by atoms with Gasteiger partial charge in [-0.05, 0) is 22.0 Å². The fourth-order valence-electron chi connectivity index (χ4n) is 1.26. The second-order valence-electron chi connectivity index (χ2n) is 2.70. The molecule has 2 nitrogen and oxygen atoms in total. The lowest BCUT2D eigenvalue weighted by molar-refractivity contribution is 0.376. The lowest BCUT2D eigenvalue weighted by atomic mass is 10.2. The molecule has 1 heterocycles. The van der Waals surface area contributed by atoms with Gasteiger partial charge in [0, 0.05) is 9.85 Å². The molecule has 14 heavy (non-hydrogen) atoms. The maximum absolute atomic E-state index is 9.82. The van der Waals surface area contributed by atoms with Gasteiger partial charge < -0.3 is 9.84 Å². The first kappa shape index (κ1) is 10.1. The summed E-state index contributed by atoms with van der Waals surface area (Å²) < 4.78 is 6.82. The molecule has 0 bridgehead atoms. The van der Waals surface area contributed by atoms with Crippen molar-refractivity contribution in [2.45, 2.75) is 0 Å². The number of fused-ring (bicyclic) bond motifs is 1. The zero-order valence-corrected chi connectivity index (χ0v) is 10.3. The molecule has 1 aromatic carbocycles. The molecular weight excluding hydrogens is 288 g/mol. The number of hydrogen-bond acceptors (Lipinski definition) is 3. The minimum Gasteiger partial charge on any atom is -0.504 e. The predicted molar refractivity (Wildman–Crippen MR) is 62.8 cm³/mol. The molecule has 0 fully saturated rings. The van der Waals surface area contributed by atoms with Crippen LogP contribution in [0.3, 0.4) is 0 Å². The Balaban J connectivity index is 2.91. The standard InChI is InChI=1S/C9H6BrClO2S/c1-13-6-2-4(10)9-7(8(6)12)5(11)3-14-9/h2-3,12H,1H3. The van der Waals surface area contributed by atoms with Gasteiger partial charge in [-0.1, -0.05) is 11.6 Å². The van der Waals surface area contributed by atoms with Crippen LogP contribution in [-0.4, -0.2) is 12.2 Å². The van der Waals surface area contributed by atoms with Crippen LogP contribution in [0, 0.1) is 0 Å². The molecule has 0 saturated carbocycles. The summed E-state index contributed by atoms with van der Waals surface area (Å²) in [4.78, 5) is 0. The Hall–Kier alpha value is -0.450. The normalized spacial score (nSPS) is 10.8. The summed E-state index contributed by atoms with van der Waals surface area (Å²) in [6.07, 6.45) is 0. The van der Waals surface area contributed by atoms with Gasteiger partial charge >= 0.3 is 0 Å². The highest BCUT2D eigenvalue weighted by Crippen LogP contribution is 2.45. The van der Waals surface area contributed by atoms with Crippen LogP contribution in [0.2, 0.25) is 5.02 Å². The van der Waals surface area contributed by atoms with Crippen molar-refractivity contribution in [3.63, 3.8) is 0 Å². The molecule has 1 aromatic heterocycles. The monoisotopic (exact) mass is 292 g/mol. The Morgan fingerprint density at radius 3 is 2.93 bits per heavy atom. The molecule has 0 aliphatic heterocycles. The number of rotatable bonds is 1. The molecule has 0 amide bonds. The van der Waals surface area contributed by atoms with Gasteiger partial charge in [0.1, 0.15) is 0 Å². The molecule has 0 atom stereocenters. The first-order valence-electron chi connectivity index (χ1n) is 3.77. The second-order valence-corrected chi connectivity index (χ2v) is 4.84. The predicted octanol–water partition coefficient (Wildman–Crippen LogP) is 4.03. The molecule has 0 spiro atoms. The average molecular weight is 294 g/mol. The van der Waals surface area contributed by atoms with Crippen LogP contribution < -0.4 is 4.74 Å². The fourth-order valence-corrected chi connectivity index (χ4v) is 3.16. The maximum Gasteiger partial charge on any atom is 0.168 e. The van der Waals surface area contributed by atoms with E-state index in [-0.39, 0.29) is 5.75 Å². The summed E-state index contributed by atoms with van der Waals surface area (Å²) in [5.41, 5.74) is 0. The van der Waals surface area contributed by atoms with E-state index in [1.807, 2.05) is 0 Å². The summed E-state index contributed by atoms with van der Waals surface area (Å²) in [5.74, 6) is 0.515. The molecule has 0 aliphatic rings. The SMILES string of the molecule is COc1cc(Br)c2scc(Cl)c2c1O. The molecule has 0 aliphatic carbocycles. The van der Waals surface area contributed by atoms with Crippen molar-refractivity contribution in [3.05, 3.63) is 20.9 Å². The number of methoxy groups -OCH3 is 1. The molecule has 0 unspecified atom stereocenters. The van der Waals surface area contributed by atoms with Gasteiger partial charge in [-0.3, -0.25) is 0 Å². The molecule has 0 radical (unpaired) electrons. The molecule has 2 aromatic rings. The molecule has 74 valence electrons. The van der Waals surface area contributed by atoms with Crippen LogP contribution in [0.4, 0.5) is 0 Å². The average Bonchev–Trinajstić information content (AvgIpc) is 2.54. The number of thiophene rings is 1. The summed E-state index contributed by atoms with van der Waals surface area (Å²) in [5, 5.41) is 12.8. The van der Waals surface area contributed by atoms with E-state index in [1.54, 1.807) is 11.4 Å². The number of hydrogen-bond donors (Lipinski definition) is 1. The van der Waals surface area contributed by atoms with E-state index in [0.717, 1.165) is 9.17 Å². The topological polar surface area (TPSA) is 29.5 Å². The van der Waals surface area contributed by atoms with Crippen molar-refractivity contribution in [1.29, 1.82) is 0 Å². The Morgan fingerprint density at radius 1 is 1.57 bits per heavy atom. The van der Waals surface area contributed by atoms with E-state index in [2.05, 4.69) is 15.9 Å². The minimum absolute atomic E-state index is 0.0944. The van der Waals surface area contributed by atoms with Crippen molar-refractivity contribution < 1.29 is 9.84 Å². The van der Waals surface area contributed by atoms with Crippen LogP contribution in [0.1, 0.15) is 0 Å². The third kappa shape index (κ3) is 1.38. The molecular formula is C9H6BrClO2S. The zero-order chi connectivity index (χ0) is 10.3. The number of benzene rings is 1. The third-order valence-electron chi connectivity index (χ3n) is 1.91. The number of ether oxygens (including phenoxy) is 1. The number of aromatic hydroxyl groups is 1. The van der Waals surface area contributed by atoms with Crippen LogP contribution >= 0.6 is 38.9 Å². The molecule has 5 heteroatoms. The van der Waals surface area contributed by atoms with Crippen LogP contribution in [0.25, 0.3) is 10.1 Å². The number of phenols is 1. The highest BCUT2D eigenvalue weighted by Gasteiger charge is 2.14. The van der Waals surface area contributed by atoms with E-state index in [9.17, 15) is 5.11 Å². The van der Waals surface area contributed by atoms with Gasteiger partial charge in [-0.2, -0.15) is 0 Å². The molecule has 2 rings (SSSR count). The summed E-state index contributed by atoms with van der Waals surface area (Å²) in [6, 6.07) is 1.73. The van der Waals surface area contributed by atoms with Gasteiger partial charge in [-0.25, -0.2) is 0 Å². The largest absolute Gasteiger partial charge is 0.504 e. The molecule has 0 saturated heterocycles. The van der Waals surface area contributed by atoms with Crippen LogP contribution in [0.5, 0.6) is 11.5 Å². The summed E-state index contributed by atoms with van der Waals surface area (Å²) in [6.45, 7) is 0. The lowest BCUT2D eigenvalue weighted by Gasteiger charge is -2.05. The molecule has 1 N–H and O–H groups in total. The van der Waals surface area contributed by atoms with Crippen LogP contribution in [0.15, 0.2) is 15.9 Å². The van der Waals surface area contributed by atoms with E-state index in [4.69, 9.17) is 16.3 Å². The van der Waals surface area contributed by atoms with Gasteiger partial charge in [0.15, 0.2) is 11.5 Å². The Morgan fingerprint density at radius 2 is 2.29 bits per heavy atom. The highest BCUT2D eigenvalue weighted by atomic mass is 79.9. The first-order chi connectivity index (χ1) is 6.65. The van der Waals surface area contributed by atoms with E-state index >= 15 is 0 Å². The maximum atomic E-state index is 9.82. The van der Waals surface area contributed by atoms with Crippen molar-refractivity contribution in [2.24, 2.45) is 0 Å². The fraction of sp³-hybridized carbons (Fsp3) is 0.111. The summed E-state index contributed by atoms with van der Waals surface area (Å²) in [7, 11) is 1.51. The van der Waals surface area contributed by atoms with E-state index < -0.39 is 0 Å². The van der Waals surface area contributed by atoms with E-state index in [1.165, 1.54) is 18.4 Å². The first-order valence-corrected chi connectivity index (χ1v) is 5.82. The smallest absolute Gasteiger partial charge is 0.168 e. The third-order valence-corrected chi connectivity index (χ3v) is 4.24. The van der Waals surface area contributed by atoms with Crippen molar-refractivity contribution >= 4 is 49.0 Å². The second kappa shape index (κ2) is 3.61. The summed E-state index contributed by atoms with van der Waals surface area (Å²) >= 11 is 10.8. The number of halogens is 2. The Bertz CT molecular complexity index is 495. The van der Waals surface area contributed by atoms with Crippen molar-refractivity contribution in [3.8, 4) is 11.5 Å². The van der Waals surface area contributed by atoms with Gasteiger partial charge in [-0.15, -0.1) is 11.3 Å². The minimum atomic E-state index is 0.0944.